The van der Waals surface area contributed by atoms with Crippen molar-refractivity contribution in [1.29, 1.82) is 15.8 Å². The average molecular weight is 1420 g/mol. The van der Waals surface area contributed by atoms with Gasteiger partial charge in [-0.05, 0) is 87.7 Å². The van der Waals surface area contributed by atoms with Gasteiger partial charge in [0.15, 0.2) is 46.3 Å². The number of methoxy groups -OCH3 is 1. The Kier molecular flexibility index (Phi) is 23.3. The molecule has 3 aromatic carbocycles. The number of phosphoric acid groups is 1. The Bertz CT molecular complexity index is 3970. The largest absolute Gasteiger partial charge is 0.587 e. The molecule has 0 bridgehead atoms. The van der Waals surface area contributed by atoms with E-state index < -0.39 is 85.8 Å². The van der Waals surface area contributed by atoms with Crippen LogP contribution in [-0.4, -0.2) is 110 Å². The van der Waals surface area contributed by atoms with Crippen molar-refractivity contribution in [2.24, 2.45) is 0 Å². The van der Waals surface area contributed by atoms with Crippen molar-refractivity contribution >= 4 is 53.7 Å². The van der Waals surface area contributed by atoms with Crippen LogP contribution in [0.2, 0.25) is 10.0 Å². The van der Waals surface area contributed by atoms with Gasteiger partial charge in [-0.25, -0.2) is 28.0 Å². The second-order valence-corrected chi connectivity index (χ2v) is 28.6. The number of benzene rings is 3. The van der Waals surface area contributed by atoms with E-state index in [1.54, 1.807) is 76.2 Å². The summed E-state index contributed by atoms with van der Waals surface area (Å²) in [5, 5.41) is 40.7. The number of nitrogen functional groups attached to an aromatic ring is 2. The van der Waals surface area contributed by atoms with Crippen LogP contribution in [0.4, 0.5) is 16.0 Å². The molecule has 0 unspecified atom stereocenters. The molecule has 24 nitrogen and oxygen atoms in total. The molecular formula is C71H85Cl2FN11O13P. The molecule has 4 N–H and O–H groups in total. The third kappa shape index (κ3) is 16.0. The highest BCUT2D eigenvalue weighted by Crippen LogP contribution is 2.56. The van der Waals surface area contributed by atoms with Gasteiger partial charge in [0.2, 0.25) is 11.2 Å². The maximum Gasteiger partial charge on any atom is 0.587 e. The van der Waals surface area contributed by atoms with Crippen LogP contribution in [0.1, 0.15) is 165 Å². The average Bonchev–Trinajstić information content (AvgIpc) is 1.56. The zero-order valence-corrected chi connectivity index (χ0v) is 58.9. The van der Waals surface area contributed by atoms with Gasteiger partial charge in [0.25, 0.3) is 0 Å². The van der Waals surface area contributed by atoms with Gasteiger partial charge in [0.1, 0.15) is 84.8 Å². The fourth-order valence-electron chi connectivity index (χ4n) is 13.6. The maximum absolute atomic E-state index is 16.0. The van der Waals surface area contributed by atoms with E-state index in [9.17, 15) is 15.8 Å². The summed E-state index contributed by atoms with van der Waals surface area (Å²) in [7, 11) is -3.76. The Labute approximate surface area is 585 Å². The lowest BCUT2D eigenvalue weighted by Crippen LogP contribution is -2.40. The first kappa shape index (κ1) is 72.8. The van der Waals surface area contributed by atoms with Crippen molar-refractivity contribution < 1.29 is 65.2 Å². The lowest BCUT2D eigenvalue weighted by atomic mass is 9.91. The highest BCUT2D eigenvalue weighted by molar-refractivity contribution is 7.49. The summed E-state index contributed by atoms with van der Waals surface area (Å²) in [5.41, 5.74) is 11.2. The van der Waals surface area contributed by atoms with Crippen molar-refractivity contribution in [3.8, 4) is 41.2 Å². The minimum absolute atomic E-state index is 0.000705. The Morgan fingerprint density at radius 3 is 1.53 bits per heavy atom. The molecule has 0 radical (unpaired) electrons. The van der Waals surface area contributed by atoms with Gasteiger partial charge in [-0.1, -0.05) is 151 Å². The van der Waals surface area contributed by atoms with Gasteiger partial charge >= 0.3 is 7.82 Å². The van der Waals surface area contributed by atoms with Crippen LogP contribution >= 0.6 is 31.0 Å². The Morgan fingerprint density at radius 2 is 1.08 bits per heavy atom. The van der Waals surface area contributed by atoms with E-state index in [1.165, 1.54) is 124 Å². The number of aromatic nitrogens is 6. The van der Waals surface area contributed by atoms with Gasteiger partial charge < -0.3 is 63.1 Å². The lowest BCUT2D eigenvalue weighted by Gasteiger charge is -2.29. The van der Waals surface area contributed by atoms with Gasteiger partial charge in [-0.15, -0.1) is 0 Å². The molecule has 7 aromatic rings. The van der Waals surface area contributed by atoms with Crippen LogP contribution in [0.3, 0.4) is 0 Å². The highest BCUT2D eigenvalue weighted by atomic mass is 35.5. The first-order valence-electron chi connectivity index (χ1n) is 34.0. The Hall–Kier alpha value is -7.41. The molecule has 11 rings (SSSR count). The standard InChI is InChI=1S/C71H85Cl2FN11O13P/c1-7-8-9-10-11-12-13-14-15-16-17-18-19-20-21-22-33-88-39-48(90-55-37-54(87-6)47(38-75)34-49(55)74)40-89-99(86,97-52-27-23-25-45(60(52)72)35-56-62-64(95-68(2,3)93-62)70(41-76,91-56)58-31-29-50-66(78)80-43-82-84(50)58)98-53-28-24-26-46(61(53)73)36-57-63-65(96-69(4,5)94-63)71(42-77,92-57)59-32-30-51-67(79)81-44-83-85(51)59/h23-32,34,37,43-44,48,56-57,62-65H,7-22,33,35-36,39-40H2,1-6H3,(H2,78,80,82)(H2,79,81,83)/t48-,56-,57-,62-,63-,64-,65-,70+,71+/m1/s1. The number of rotatable bonds is 35. The third-order valence-electron chi connectivity index (χ3n) is 18.4. The molecule has 4 aliphatic heterocycles. The summed E-state index contributed by atoms with van der Waals surface area (Å²) in [6, 6.07) is 25.1. The van der Waals surface area contributed by atoms with E-state index in [2.05, 4.69) is 39.2 Å². The molecule has 28 heteroatoms. The second kappa shape index (κ2) is 31.6. The summed E-state index contributed by atoms with van der Waals surface area (Å²) in [6.45, 7) is 8.69. The molecule has 4 aliphatic rings. The second-order valence-electron chi connectivity index (χ2n) is 26.4. The summed E-state index contributed by atoms with van der Waals surface area (Å²) < 4.78 is 111. The van der Waals surface area contributed by atoms with E-state index >= 15 is 8.96 Å². The third-order valence-corrected chi connectivity index (χ3v) is 20.6. The van der Waals surface area contributed by atoms with E-state index in [4.69, 9.17) is 90.9 Å². The van der Waals surface area contributed by atoms with Crippen molar-refractivity contribution in [3.05, 3.63) is 129 Å². The molecule has 0 spiro atoms. The molecule has 0 saturated carbocycles. The number of nitrogens with zero attached hydrogens (tertiary/aromatic N) is 9. The molecule has 4 aromatic heterocycles. The zero-order valence-electron chi connectivity index (χ0n) is 56.5. The summed E-state index contributed by atoms with van der Waals surface area (Å²) in [5.74, 6) is -3.45. The number of halogens is 3. The zero-order chi connectivity index (χ0) is 70.1. The van der Waals surface area contributed by atoms with Gasteiger partial charge in [-0.2, -0.15) is 26.0 Å². The van der Waals surface area contributed by atoms with Crippen LogP contribution in [0.15, 0.2) is 85.5 Å². The number of hydrogen-bond donors (Lipinski definition) is 2. The fraction of sp³-hybridized carbons (Fsp3) is 0.535. The first-order valence-corrected chi connectivity index (χ1v) is 36.2. The fourth-order valence-corrected chi connectivity index (χ4v) is 15.5. The van der Waals surface area contributed by atoms with E-state index in [0.29, 0.717) is 40.2 Å². The molecule has 0 aliphatic carbocycles. The topological polar surface area (TPSA) is 312 Å². The predicted molar refractivity (Wildman–Crippen MR) is 364 cm³/mol. The van der Waals surface area contributed by atoms with Gasteiger partial charge in [0, 0.05) is 25.5 Å². The normalized spacial score (nSPS) is 23.2. The monoisotopic (exact) mass is 1420 g/mol. The van der Waals surface area contributed by atoms with E-state index in [0.717, 1.165) is 31.7 Å². The minimum atomic E-state index is -5.10. The number of fused-ring (bicyclic) bond motifs is 4. The minimum Gasteiger partial charge on any atom is -0.495 e. The number of hydrogen-bond acceptors (Lipinski definition) is 22. The van der Waals surface area contributed by atoms with Crippen LogP contribution in [-0.2, 0) is 66.3 Å². The number of ether oxygens (including phenoxy) is 9. The number of unbranched alkanes of at least 4 members (excludes halogenated alkanes) is 15. The van der Waals surface area contributed by atoms with Crippen molar-refractivity contribution in [2.45, 2.75) is 216 Å². The van der Waals surface area contributed by atoms with E-state index in [-0.39, 0.29) is 69.7 Å². The number of anilines is 2. The number of nitrogens with two attached hydrogens (primary N) is 2. The quantitative estimate of drug-likeness (QED) is 0.0275. The SMILES string of the molecule is CCCCCCCCCCCCCCCCCCOC[C@H](COP(=O)(Oc1cccc(C[C@H]2O[C@@](C#N)(c3ccc4c(N)ncnn34)[C@@H]3OC(C)(C)O[C@@H]32)c1Cl)Oc1cccc(C[C@H]2O[C@@](C#N)(c3ccc4c(N)ncnn34)[C@@H]3OC(C)(C)O[C@@H]32)c1Cl)Oc1cc(OC)c(C#N)cc1F. The Balaban J connectivity index is 0.849. The molecule has 4 saturated heterocycles. The molecule has 4 fully saturated rings. The van der Waals surface area contributed by atoms with Crippen molar-refractivity contribution in [3.63, 3.8) is 0 Å². The van der Waals surface area contributed by atoms with Crippen LogP contribution in [0.5, 0.6) is 23.0 Å². The lowest BCUT2D eigenvalue weighted by molar-refractivity contribution is -0.201. The smallest absolute Gasteiger partial charge is 0.495 e. The van der Waals surface area contributed by atoms with Crippen molar-refractivity contribution in [1.82, 2.24) is 29.2 Å². The number of nitriles is 3. The molecule has 9 atom stereocenters. The van der Waals surface area contributed by atoms with Gasteiger partial charge in [0.05, 0.1) is 52.9 Å². The van der Waals surface area contributed by atoms with E-state index in [1.807, 2.05) is 6.07 Å². The summed E-state index contributed by atoms with van der Waals surface area (Å²) >= 11 is 14.7. The molecule has 528 valence electrons. The molecule has 0 amide bonds. The predicted octanol–water partition coefficient (Wildman–Crippen LogP) is 14.3. The summed E-state index contributed by atoms with van der Waals surface area (Å²) in [6.07, 6.45) is 15.2. The number of phosphoric ester groups is 1. The van der Waals surface area contributed by atoms with Crippen LogP contribution in [0.25, 0.3) is 11.0 Å². The molecular weight excluding hydrogens is 1340 g/mol. The van der Waals surface area contributed by atoms with Crippen molar-refractivity contribution in [2.75, 3.05) is 38.4 Å². The van der Waals surface area contributed by atoms with Gasteiger partial charge in [-0.3, -0.25) is 4.52 Å². The molecule has 8 heterocycles. The van der Waals surface area contributed by atoms with Crippen LogP contribution in [0, 0.1) is 39.8 Å². The first-order chi connectivity index (χ1) is 47.7. The Morgan fingerprint density at radius 1 is 0.616 bits per heavy atom. The maximum atomic E-state index is 16.0. The van der Waals surface area contributed by atoms with Crippen LogP contribution < -0.4 is 30.0 Å². The summed E-state index contributed by atoms with van der Waals surface area (Å²) in [4.78, 5) is 8.22. The molecule has 99 heavy (non-hydrogen) atoms. The highest BCUT2D eigenvalue weighted by Gasteiger charge is 2.67.